The van der Waals surface area contributed by atoms with E-state index < -0.39 is 0 Å². The first kappa shape index (κ1) is 15.6. The Bertz CT molecular complexity index is 1220. The molecule has 0 aliphatic rings. The van der Waals surface area contributed by atoms with Crippen LogP contribution >= 0.6 is 34.5 Å². The fourth-order valence-corrected chi connectivity index (χ4v) is 3.66. The Balaban J connectivity index is 1.54. The lowest BCUT2D eigenvalue weighted by Gasteiger charge is -1.98. The second-order valence-corrected chi connectivity index (χ2v) is 7.20. The Kier molecular flexibility index (Phi) is 3.59. The fourth-order valence-electron chi connectivity index (χ4n) is 2.54. The summed E-state index contributed by atoms with van der Waals surface area (Å²) >= 11 is 13.5. The number of fused-ring (bicyclic) bond motifs is 1. The molecule has 5 rings (SSSR count). The van der Waals surface area contributed by atoms with Crippen molar-refractivity contribution in [3.8, 4) is 33.5 Å². The standard InChI is InChI=1S/C17H8Cl2N4O2S/c18-11-4-3-9(6-12(11)19)14-7-10(8-25-14)16-22-23-15(13-2-1-5-24-13)20-21-17(23)26-16/h1-8H. The highest BCUT2D eigenvalue weighted by Crippen LogP contribution is 2.34. The molecule has 128 valence electrons. The molecule has 0 saturated carbocycles. The summed E-state index contributed by atoms with van der Waals surface area (Å²) in [6.45, 7) is 0. The van der Waals surface area contributed by atoms with Gasteiger partial charge in [0.15, 0.2) is 10.8 Å². The molecule has 6 nitrogen and oxygen atoms in total. The van der Waals surface area contributed by atoms with Crippen LogP contribution in [0, 0.1) is 0 Å². The monoisotopic (exact) mass is 402 g/mol. The molecule has 0 bridgehead atoms. The highest BCUT2D eigenvalue weighted by molar-refractivity contribution is 7.19. The van der Waals surface area contributed by atoms with Gasteiger partial charge in [-0.3, -0.25) is 0 Å². The van der Waals surface area contributed by atoms with E-state index in [0.717, 1.165) is 16.1 Å². The zero-order chi connectivity index (χ0) is 17.7. The quantitative estimate of drug-likeness (QED) is 0.388. The molecule has 0 aliphatic heterocycles. The van der Waals surface area contributed by atoms with Gasteiger partial charge in [-0.15, -0.1) is 10.2 Å². The average Bonchev–Trinajstić information content (AvgIpc) is 3.40. The van der Waals surface area contributed by atoms with Gasteiger partial charge in [-0.1, -0.05) is 34.5 Å². The van der Waals surface area contributed by atoms with Gasteiger partial charge >= 0.3 is 0 Å². The number of aromatic nitrogens is 4. The summed E-state index contributed by atoms with van der Waals surface area (Å²) in [5, 5.41) is 14.6. The molecule has 0 aliphatic carbocycles. The lowest BCUT2D eigenvalue weighted by Crippen LogP contribution is -1.89. The number of hydrogen-bond acceptors (Lipinski definition) is 6. The van der Waals surface area contributed by atoms with Crippen molar-refractivity contribution in [2.75, 3.05) is 0 Å². The van der Waals surface area contributed by atoms with Crippen molar-refractivity contribution in [1.29, 1.82) is 0 Å². The first-order valence-electron chi connectivity index (χ1n) is 7.49. The Labute approximate surface area is 160 Å². The largest absolute Gasteiger partial charge is 0.464 e. The highest BCUT2D eigenvalue weighted by atomic mass is 35.5. The third-order valence-corrected chi connectivity index (χ3v) is 5.47. The molecule has 4 aromatic heterocycles. The Morgan fingerprint density at radius 1 is 0.923 bits per heavy atom. The molecular formula is C17H8Cl2N4O2S. The third kappa shape index (κ3) is 2.52. The Hall–Kier alpha value is -2.61. The summed E-state index contributed by atoms with van der Waals surface area (Å²) in [4.78, 5) is 0.670. The summed E-state index contributed by atoms with van der Waals surface area (Å²) in [5.74, 6) is 1.84. The third-order valence-electron chi connectivity index (χ3n) is 3.78. The van der Waals surface area contributed by atoms with Crippen molar-refractivity contribution in [2.45, 2.75) is 0 Å². The van der Waals surface area contributed by atoms with Gasteiger partial charge in [0.25, 0.3) is 0 Å². The smallest absolute Gasteiger partial charge is 0.235 e. The van der Waals surface area contributed by atoms with Gasteiger partial charge in [0.2, 0.25) is 10.8 Å². The predicted molar refractivity (Wildman–Crippen MR) is 99.5 cm³/mol. The van der Waals surface area contributed by atoms with Crippen LogP contribution in [0.25, 0.3) is 38.4 Å². The lowest BCUT2D eigenvalue weighted by atomic mass is 10.1. The second-order valence-electron chi connectivity index (χ2n) is 5.43. The van der Waals surface area contributed by atoms with E-state index in [-0.39, 0.29) is 0 Å². The summed E-state index contributed by atoms with van der Waals surface area (Å²) in [5.41, 5.74) is 1.68. The van der Waals surface area contributed by atoms with Gasteiger partial charge in [-0.25, -0.2) is 0 Å². The van der Waals surface area contributed by atoms with Gasteiger partial charge in [-0.05, 0) is 36.4 Å². The topological polar surface area (TPSA) is 69.4 Å². The molecule has 0 fully saturated rings. The van der Waals surface area contributed by atoms with Crippen LogP contribution in [0.4, 0.5) is 0 Å². The van der Waals surface area contributed by atoms with Crippen molar-refractivity contribution in [1.82, 2.24) is 19.8 Å². The zero-order valence-electron chi connectivity index (χ0n) is 12.9. The van der Waals surface area contributed by atoms with E-state index in [1.165, 1.54) is 11.3 Å². The molecule has 0 amide bonds. The Morgan fingerprint density at radius 3 is 2.65 bits per heavy atom. The van der Waals surface area contributed by atoms with Gasteiger partial charge in [0, 0.05) is 5.56 Å². The summed E-state index contributed by atoms with van der Waals surface area (Å²) in [6, 6.07) is 10.9. The van der Waals surface area contributed by atoms with Crippen LogP contribution in [0.5, 0.6) is 0 Å². The fraction of sp³-hybridized carbons (Fsp3) is 0. The summed E-state index contributed by atoms with van der Waals surface area (Å²) in [7, 11) is 0. The van der Waals surface area contributed by atoms with E-state index in [1.807, 2.05) is 18.2 Å². The molecule has 5 aromatic rings. The number of rotatable bonds is 3. The van der Waals surface area contributed by atoms with Crippen LogP contribution in [0.2, 0.25) is 10.0 Å². The van der Waals surface area contributed by atoms with E-state index >= 15 is 0 Å². The van der Waals surface area contributed by atoms with Gasteiger partial charge in [0.05, 0.1) is 21.9 Å². The lowest BCUT2D eigenvalue weighted by molar-refractivity contribution is 0.575. The molecule has 1 aromatic carbocycles. The van der Waals surface area contributed by atoms with Crippen molar-refractivity contribution >= 4 is 39.5 Å². The molecule has 0 spiro atoms. The molecule has 0 N–H and O–H groups in total. The summed E-state index contributed by atoms with van der Waals surface area (Å²) < 4.78 is 12.7. The SMILES string of the molecule is Clc1ccc(-c2cc(-c3nn4c(-c5ccco5)nnc4s3)co2)cc1Cl. The Morgan fingerprint density at radius 2 is 1.85 bits per heavy atom. The molecule has 0 radical (unpaired) electrons. The van der Waals surface area contributed by atoms with Gasteiger partial charge in [0.1, 0.15) is 12.0 Å². The van der Waals surface area contributed by atoms with Crippen molar-refractivity contribution in [2.24, 2.45) is 0 Å². The molecule has 0 saturated heterocycles. The normalized spacial score (nSPS) is 11.5. The number of benzene rings is 1. The van der Waals surface area contributed by atoms with Crippen LogP contribution in [-0.4, -0.2) is 19.8 Å². The van der Waals surface area contributed by atoms with E-state index in [0.29, 0.717) is 32.4 Å². The van der Waals surface area contributed by atoms with E-state index in [2.05, 4.69) is 15.3 Å². The maximum absolute atomic E-state index is 6.08. The van der Waals surface area contributed by atoms with Crippen LogP contribution in [0.15, 0.2) is 57.8 Å². The van der Waals surface area contributed by atoms with E-state index in [4.69, 9.17) is 32.0 Å². The number of halogens is 2. The first-order chi connectivity index (χ1) is 12.7. The molecule has 9 heteroatoms. The minimum atomic E-state index is 0.476. The zero-order valence-corrected chi connectivity index (χ0v) is 15.2. The predicted octanol–water partition coefficient (Wildman–Crippen LogP) is 5.68. The molecule has 0 unspecified atom stereocenters. The maximum Gasteiger partial charge on any atom is 0.235 e. The van der Waals surface area contributed by atoms with Gasteiger partial charge < -0.3 is 8.83 Å². The maximum atomic E-state index is 6.08. The number of nitrogens with zero attached hydrogens (tertiary/aromatic N) is 4. The molecular weight excluding hydrogens is 395 g/mol. The number of furan rings is 2. The van der Waals surface area contributed by atoms with Crippen molar-refractivity contribution < 1.29 is 8.83 Å². The van der Waals surface area contributed by atoms with Crippen molar-refractivity contribution in [3.63, 3.8) is 0 Å². The summed E-state index contributed by atoms with van der Waals surface area (Å²) in [6.07, 6.45) is 3.24. The van der Waals surface area contributed by atoms with Crippen LogP contribution < -0.4 is 0 Å². The van der Waals surface area contributed by atoms with Crippen LogP contribution in [0.1, 0.15) is 0 Å². The minimum absolute atomic E-state index is 0.476. The van der Waals surface area contributed by atoms with Gasteiger partial charge in [-0.2, -0.15) is 9.61 Å². The second kappa shape index (κ2) is 5.98. The van der Waals surface area contributed by atoms with Crippen LogP contribution in [-0.2, 0) is 0 Å². The first-order valence-corrected chi connectivity index (χ1v) is 9.07. The van der Waals surface area contributed by atoms with Crippen LogP contribution in [0.3, 0.4) is 0 Å². The highest BCUT2D eigenvalue weighted by Gasteiger charge is 2.17. The average molecular weight is 403 g/mol. The van der Waals surface area contributed by atoms with E-state index in [1.54, 1.807) is 35.2 Å². The minimum Gasteiger partial charge on any atom is -0.464 e. The van der Waals surface area contributed by atoms with E-state index in [9.17, 15) is 0 Å². The van der Waals surface area contributed by atoms with Crippen molar-refractivity contribution in [3.05, 3.63) is 59.0 Å². The molecule has 4 heterocycles. The molecule has 0 atom stereocenters. The number of hydrogen-bond donors (Lipinski definition) is 0. The molecule has 26 heavy (non-hydrogen) atoms.